The summed E-state index contributed by atoms with van der Waals surface area (Å²) in [5, 5.41) is 6.46. The number of rotatable bonds is 8. The molecule has 1 atom stereocenters. The summed E-state index contributed by atoms with van der Waals surface area (Å²) in [6.45, 7) is 3.67. The van der Waals surface area contributed by atoms with Crippen molar-refractivity contribution in [1.82, 2.24) is 15.5 Å². The van der Waals surface area contributed by atoms with Crippen LogP contribution in [0.5, 0.6) is 0 Å². The molecular formula is C22H29FN4O2. The van der Waals surface area contributed by atoms with E-state index < -0.39 is 0 Å². The molecule has 0 saturated carbocycles. The van der Waals surface area contributed by atoms with Gasteiger partial charge in [-0.3, -0.25) is 4.79 Å². The van der Waals surface area contributed by atoms with Crippen LogP contribution in [-0.4, -0.2) is 51.1 Å². The number of carbonyl (C=O) groups excluding carboxylic acids is 1. The van der Waals surface area contributed by atoms with Gasteiger partial charge < -0.3 is 20.3 Å². The molecule has 156 valence electrons. The van der Waals surface area contributed by atoms with Crippen LogP contribution in [0.2, 0.25) is 0 Å². The van der Waals surface area contributed by atoms with Crippen molar-refractivity contribution in [3.05, 3.63) is 71.0 Å². The molecule has 0 aliphatic carbocycles. The first kappa shape index (κ1) is 22.4. The smallest absolute Gasteiger partial charge is 0.253 e. The molecule has 1 amide bonds. The van der Waals surface area contributed by atoms with E-state index in [0.29, 0.717) is 24.6 Å². The van der Waals surface area contributed by atoms with Crippen LogP contribution in [0.25, 0.3) is 0 Å². The van der Waals surface area contributed by atoms with Crippen LogP contribution in [0.15, 0.2) is 53.5 Å². The van der Waals surface area contributed by atoms with Gasteiger partial charge in [-0.15, -0.1) is 0 Å². The number of ether oxygens (including phenoxy) is 1. The van der Waals surface area contributed by atoms with Crippen molar-refractivity contribution >= 4 is 11.9 Å². The molecule has 2 aromatic rings. The number of carbonyl (C=O) groups is 1. The van der Waals surface area contributed by atoms with E-state index in [4.69, 9.17) is 4.74 Å². The fraction of sp³-hybridized carbons (Fsp3) is 0.364. The maximum absolute atomic E-state index is 13.1. The molecule has 7 heteroatoms. The molecule has 2 N–H and O–H groups in total. The second-order valence-corrected chi connectivity index (χ2v) is 6.75. The number of hydrogen-bond acceptors (Lipinski definition) is 3. The molecule has 6 nitrogen and oxygen atoms in total. The second-order valence-electron chi connectivity index (χ2n) is 6.75. The number of nitrogens with zero attached hydrogens (tertiary/aromatic N) is 2. The van der Waals surface area contributed by atoms with Gasteiger partial charge in [-0.2, -0.15) is 0 Å². The Kier molecular flexibility index (Phi) is 8.61. The zero-order chi connectivity index (χ0) is 21.2. The zero-order valence-electron chi connectivity index (χ0n) is 17.4. The standard InChI is InChI=1S/C22H29FN4O2/c1-5-24-22(26-15-20(29-4)17-10-12-19(23)13-11-17)25-14-16-6-8-18(9-7-16)21(28)27(2)3/h6-13,20H,5,14-15H2,1-4H3,(H2,24,25,26). The highest BCUT2D eigenvalue weighted by molar-refractivity contribution is 5.93. The first-order valence-electron chi connectivity index (χ1n) is 9.55. The van der Waals surface area contributed by atoms with E-state index in [9.17, 15) is 9.18 Å². The number of guanidine groups is 1. The summed E-state index contributed by atoms with van der Waals surface area (Å²) >= 11 is 0. The second kappa shape index (κ2) is 11.2. The SMILES string of the molecule is CCNC(=NCc1ccc(C(=O)N(C)C)cc1)NCC(OC)c1ccc(F)cc1. The highest BCUT2D eigenvalue weighted by atomic mass is 19.1. The zero-order valence-corrected chi connectivity index (χ0v) is 17.4. The number of benzene rings is 2. The number of methoxy groups -OCH3 is 1. The van der Waals surface area contributed by atoms with Crippen molar-refractivity contribution in [2.24, 2.45) is 4.99 Å². The minimum atomic E-state index is -0.273. The van der Waals surface area contributed by atoms with Crippen molar-refractivity contribution < 1.29 is 13.9 Å². The molecule has 2 aromatic carbocycles. The molecule has 0 spiro atoms. The molecule has 2 rings (SSSR count). The molecule has 0 bridgehead atoms. The fourth-order valence-corrected chi connectivity index (χ4v) is 2.73. The molecule has 1 unspecified atom stereocenters. The molecule has 0 saturated heterocycles. The van der Waals surface area contributed by atoms with E-state index in [2.05, 4.69) is 15.6 Å². The lowest BCUT2D eigenvalue weighted by atomic mass is 10.1. The first-order chi connectivity index (χ1) is 13.9. The molecule has 0 radical (unpaired) electrons. The summed E-state index contributed by atoms with van der Waals surface area (Å²) in [7, 11) is 5.08. The Morgan fingerprint density at radius 1 is 1.10 bits per heavy atom. The lowest BCUT2D eigenvalue weighted by Crippen LogP contribution is -2.39. The third-order valence-electron chi connectivity index (χ3n) is 4.35. The summed E-state index contributed by atoms with van der Waals surface area (Å²) in [6, 6.07) is 13.7. The number of nitrogens with one attached hydrogen (secondary N) is 2. The lowest BCUT2D eigenvalue weighted by Gasteiger charge is -2.18. The van der Waals surface area contributed by atoms with Gasteiger partial charge in [-0.25, -0.2) is 9.38 Å². The van der Waals surface area contributed by atoms with Crippen molar-refractivity contribution in [3.8, 4) is 0 Å². The van der Waals surface area contributed by atoms with Crippen molar-refractivity contribution in [1.29, 1.82) is 0 Å². The largest absolute Gasteiger partial charge is 0.375 e. The normalized spacial score (nSPS) is 12.4. The van der Waals surface area contributed by atoms with E-state index in [-0.39, 0.29) is 17.8 Å². The fourth-order valence-electron chi connectivity index (χ4n) is 2.73. The minimum Gasteiger partial charge on any atom is -0.375 e. The Morgan fingerprint density at radius 3 is 2.31 bits per heavy atom. The summed E-state index contributed by atoms with van der Waals surface area (Å²) in [5.74, 6) is 0.358. The van der Waals surface area contributed by atoms with Crippen LogP contribution in [0, 0.1) is 5.82 Å². The Balaban J connectivity index is 1.99. The number of hydrogen-bond donors (Lipinski definition) is 2. The third kappa shape index (κ3) is 6.87. The highest BCUT2D eigenvalue weighted by Gasteiger charge is 2.12. The van der Waals surface area contributed by atoms with Crippen LogP contribution in [0.3, 0.4) is 0 Å². The van der Waals surface area contributed by atoms with Crippen molar-refractivity contribution in [3.63, 3.8) is 0 Å². The summed E-state index contributed by atoms with van der Waals surface area (Å²) in [6.07, 6.45) is -0.226. The van der Waals surface area contributed by atoms with Gasteiger partial charge in [0.05, 0.1) is 12.6 Å². The maximum Gasteiger partial charge on any atom is 0.253 e. The molecule has 0 heterocycles. The van der Waals surface area contributed by atoms with Gasteiger partial charge in [0, 0.05) is 39.9 Å². The van der Waals surface area contributed by atoms with E-state index in [1.807, 2.05) is 31.2 Å². The predicted octanol–water partition coefficient (Wildman–Crippen LogP) is 2.97. The van der Waals surface area contributed by atoms with Crippen LogP contribution in [-0.2, 0) is 11.3 Å². The third-order valence-corrected chi connectivity index (χ3v) is 4.35. The number of amides is 1. The molecule has 0 fully saturated rings. The van der Waals surface area contributed by atoms with Crippen molar-refractivity contribution in [2.45, 2.75) is 19.6 Å². The molecule has 29 heavy (non-hydrogen) atoms. The van der Waals surface area contributed by atoms with Gasteiger partial charge in [0.15, 0.2) is 5.96 Å². The summed E-state index contributed by atoms with van der Waals surface area (Å²) < 4.78 is 18.7. The van der Waals surface area contributed by atoms with Gasteiger partial charge in [0.1, 0.15) is 5.82 Å². The Bertz CT molecular complexity index is 805. The predicted molar refractivity (Wildman–Crippen MR) is 113 cm³/mol. The van der Waals surface area contributed by atoms with Gasteiger partial charge in [0.2, 0.25) is 0 Å². The Hall–Kier alpha value is -2.93. The summed E-state index contributed by atoms with van der Waals surface area (Å²) in [4.78, 5) is 18.1. The van der Waals surface area contributed by atoms with Crippen LogP contribution >= 0.6 is 0 Å². The quantitative estimate of drug-likeness (QED) is 0.528. The van der Waals surface area contributed by atoms with Crippen molar-refractivity contribution in [2.75, 3.05) is 34.3 Å². The Morgan fingerprint density at radius 2 is 1.76 bits per heavy atom. The summed E-state index contributed by atoms with van der Waals surface area (Å²) in [5.41, 5.74) is 2.53. The van der Waals surface area contributed by atoms with E-state index in [1.165, 1.54) is 12.1 Å². The monoisotopic (exact) mass is 400 g/mol. The Labute approximate surface area is 171 Å². The molecule has 0 aromatic heterocycles. The molecule has 0 aliphatic rings. The molecule has 0 aliphatic heterocycles. The first-order valence-corrected chi connectivity index (χ1v) is 9.55. The number of halogens is 1. The van der Waals surface area contributed by atoms with E-state index in [1.54, 1.807) is 38.2 Å². The average Bonchev–Trinajstić information content (AvgIpc) is 2.73. The maximum atomic E-state index is 13.1. The average molecular weight is 400 g/mol. The number of aliphatic imine (C=N–C) groups is 1. The van der Waals surface area contributed by atoms with Crippen LogP contribution in [0.4, 0.5) is 4.39 Å². The van der Waals surface area contributed by atoms with Gasteiger partial charge in [-0.1, -0.05) is 24.3 Å². The van der Waals surface area contributed by atoms with Gasteiger partial charge >= 0.3 is 0 Å². The van der Waals surface area contributed by atoms with E-state index >= 15 is 0 Å². The van der Waals surface area contributed by atoms with E-state index in [0.717, 1.165) is 17.7 Å². The van der Waals surface area contributed by atoms with Crippen LogP contribution < -0.4 is 10.6 Å². The lowest BCUT2D eigenvalue weighted by molar-refractivity contribution is 0.0827. The van der Waals surface area contributed by atoms with Gasteiger partial charge in [0.25, 0.3) is 5.91 Å². The molecular weight excluding hydrogens is 371 g/mol. The van der Waals surface area contributed by atoms with Crippen LogP contribution in [0.1, 0.15) is 34.5 Å². The minimum absolute atomic E-state index is 0.0264. The highest BCUT2D eigenvalue weighted by Crippen LogP contribution is 2.16. The topological polar surface area (TPSA) is 66.0 Å². The van der Waals surface area contributed by atoms with Gasteiger partial charge in [-0.05, 0) is 42.3 Å².